The Morgan fingerprint density at radius 1 is 1.14 bits per heavy atom. The van der Waals surface area contributed by atoms with Crippen molar-refractivity contribution in [3.05, 3.63) is 77.4 Å². The van der Waals surface area contributed by atoms with Crippen molar-refractivity contribution >= 4 is 17.5 Å². The second-order valence-corrected chi connectivity index (χ2v) is 9.31. The standard InChI is InChI=1S/C27H32F2N4O2/c1-2-21(30)12-13-31-27(35)32-25(18-8-9-18)26(34)33-16-19(22-15-20(28)10-11-23(22)29)14-24(33)17-6-4-3-5-7-17/h3-7,10-11,14-15,18,21,24-25H,2,8-9,12-13,16,30H2,1H3,(H2,31,32,35)/t21?,24-,25-/m0/s1. The van der Waals surface area contributed by atoms with Crippen LogP contribution in [0.15, 0.2) is 54.6 Å². The molecule has 2 aromatic rings. The number of nitrogens with two attached hydrogens (primary N) is 1. The fourth-order valence-corrected chi connectivity index (χ4v) is 4.43. The summed E-state index contributed by atoms with van der Waals surface area (Å²) in [6.45, 7) is 2.54. The van der Waals surface area contributed by atoms with Crippen molar-refractivity contribution < 1.29 is 18.4 Å². The first-order chi connectivity index (χ1) is 16.9. The van der Waals surface area contributed by atoms with Gasteiger partial charge in [-0.25, -0.2) is 13.6 Å². The number of halogens is 2. The predicted molar refractivity (Wildman–Crippen MR) is 131 cm³/mol. The second kappa shape index (κ2) is 11.0. The van der Waals surface area contributed by atoms with E-state index in [4.69, 9.17) is 5.73 Å². The van der Waals surface area contributed by atoms with E-state index in [9.17, 15) is 18.4 Å². The first-order valence-electron chi connectivity index (χ1n) is 12.2. The van der Waals surface area contributed by atoms with Crippen LogP contribution in [0.3, 0.4) is 0 Å². The molecule has 3 atom stereocenters. The number of carbonyl (C=O) groups excluding carboxylic acids is 2. The lowest BCUT2D eigenvalue weighted by Gasteiger charge is -2.30. The van der Waals surface area contributed by atoms with Crippen LogP contribution in [0, 0.1) is 17.6 Å². The number of amides is 3. The van der Waals surface area contributed by atoms with Gasteiger partial charge in [-0.3, -0.25) is 4.79 Å². The van der Waals surface area contributed by atoms with Gasteiger partial charge in [-0.15, -0.1) is 0 Å². The summed E-state index contributed by atoms with van der Waals surface area (Å²) in [6.07, 6.45) is 4.98. The van der Waals surface area contributed by atoms with Gasteiger partial charge in [-0.2, -0.15) is 0 Å². The number of nitrogens with one attached hydrogen (secondary N) is 2. The van der Waals surface area contributed by atoms with Gasteiger partial charge in [-0.05, 0) is 60.9 Å². The van der Waals surface area contributed by atoms with E-state index in [1.54, 1.807) is 11.0 Å². The molecule has 186 valence electrons. The van der Waals surface area contributed by atoms with Crippen molar-refractivity contribution in [3.8, 4) is 0 Å². The van der Waals surface area contributed by atoms with Crippen molar-refractivity contribution in [2.45, 2.75) is 50.7 Å². The van der Waals surface area contributed by atoms with Crippen LogP contribution < -0.4 is 16.4 Å². The highest BCUT2D eigenvalue weighted by molar-refractivity contribution is 5.90. The summed E-state index contributed by atoms with van der Waals surface area (Å²) in [7, 11) is 0. The Bertz CT molecular complexity index is 1090. The third kappa shape index (κ3) is 6.06. The van der Waals surface area contributed by atoms with E-state index in [1.807, 2.05) is 37.3 Å². The van der Waals surface area contributed by atoms with Gasteiger partial charge in [0.15, 0.2) is 0 Å². The Morgan fingerprint density at radius 2 is 1.89 bits per heavy atom. The van der Waals surface area contributed by atoms with E-state index in [0.29, 0.717) is 18.5 Å². The lowest BCUT2D eigenvalue weighted by atomic mass is 10.0. The molecule has 8 heteroatoms. The number of hydrogen-bond donors (Lipinski definition) is 3. The third-order valence-corrected chi connectivity index (χ3v) is 6.71. The van der Waals surface area contributed by atoms with Gasteiger partial charge in [0.05, 0.1) is 6.04 Å². The van der Waals surface area contributed by atoms with Crippen molar-refractivity contribution in [3.63, 3.8) is 0 Å². The molecule has 0 saturated heterocycles. The van der Waals surface area contributed by atoms with Gasteiger partial charge in [-0.1, -0.05) is 43.3 Å². The Hall–Kier alpha value is -3.26. The molecule has 1 unspecified atom stereocenters. The van der Waals surface area contributed by atoms with Crippen LogP contribution in [0.4, 0.5) is 13.6 Å². The fraction of sp³-hybridized carbons (Fsp3) is 0.407. The number of carbonyl (C=O) groups is 2. The lowest BCUT2D eigenvalue weighted by molar-refractivity contribution is -0.134. The summed E-state index contributed by atoms with van der Waals surface area (Å²) in [5, 5.41) is 5.65. The summed E-state index contributed by atoms with van der Waals surface area (Å²) in [5.74, 6) is -1.26. The van der Waals surface area contributed by atoms with Crippen LogP contribution in [-0.4, -0.2) is 42.0 Å². The Labute approximate surface area is 204 Å². The normalized spacial score (nSPS) is 19.1. The molecule has 0 radical (unpaired) electrons. The van der Waals surface area contributed by atoms with Gasteiger partial charge in [0.25, 0.3) is 0 Å². The lowest BCUT2D eigenvalue weighted by Crippen LogP contribution is -2.52. The number of hydrogen-bond acceptors (Lipinski definition) is 3. The van der Waals surface area contributed by atoms with Crippen LogP contribution in [0.2, 0.25) is 0 Å². The van der Waals surface area contributed by atoms with E-state index in [-0.39, 0.29) is 30.0 Å². The minimum Gasteiger partial charge on any atom is -0.338 e. The Balaban J connectivity index is 1.54. The quantitative estimate of drug-likeness (QED) is 0.502. The molecule has 2 aromatic carbocycles. The van der Waals surface area contributed by atoms with Crippen molar-refractivity contribution in [2.24, 2.45) is 11.7 Å². The number of rotatable bonds is 9. The maximum atomic E-state index is 14.6. The number of urea groups is 1. The SMILES string of the molecule is CCC(N)CCNC(=O)N[C@H](C(=O)N1CC(c2cc(F)ccc2F)=C[C@H]1c1ccccc1)C1CC1. The second-order valence-electron chi connectivity index (χ2n) is 9.31. The molecule has 4 N–H and O–H groups in total. The largest absolute Gasteiger partial charge is 0.338 e. The van der Waals surface area contributed by atoms with Gasteiger partial charge in [0.1, 0.15) is 17.7 Å². The summed E-state index contributed by atoms with van der Waals surface area (Å²) in [6, 6.07) is 11.2. The molecule has 1 saturated carbocycles. The molecule has 6 nitrogen and oxygen atoms in total. The maximum Gasteiger partial charge on any atom is 0.315 e. The summed E-state index contributed by atoms with van der Waals surface area (Å²) >= 11 is 0. The summed E-state index contributed by atoms with van der Waals surface area (Å²) < 4.78 is 28.5. The number of nitrogens with zero attached hydrogens (tertiary/aromatic N) is 1. The van der Waals surface area contributed by atoms with Crippen LogP contribution in [0.25, 0.3) is 5.57 Å². The van der Waals surface area contributed by atoms with Gasteiger partial charge in [0.2, 0.25) is 5.91 Å². The Morgan fingerprint density at radius 3 is 2.57 bits per heavy atom. The van der Waals surface area contributed by atoms with Crippen LogP contribution >= 0.6 is 0 Å². The summed E-state index contributed by atoms with van der Waals surface area (Å²) in [4.78, 5) is 28.0. The number of benzene rings is 2. The minimum atomic E-state index is -0.689. The monoisotopic (exact) mass is 482 g/mol. The molecule has 4 rings (SSSR count). The average Bonchev–Trinajstić information content (AvgIpc) is 3.61. The van der Waals surface area contributed by atoms with Gasteiger partial charge in [0, 0.05) is 24.7 Å². The molecule has 0 spiro atoms. The third-order valence-electron chi connectivity index (χ3n) is 6.71. The smallest absolute Gasteiger partial charge is 0.315 e. The van der Waals surface area contributed by atoms with Crippen LogP contribution in [-0.2, 0) is 4.79 Å². The zero-order valence-electron chi connectivity index (χ0n) is 19.8. The first kappa shape index (κ1) is 24.9. The maximum absolute atomic E-state index is 14.6. The van der Waals surface area contributed by atoms with Crippen molar-refractivity contribution in [1.29, 1.82) is 0 Å². The van der Waals surface area contributed by atoms with E-state index in [2.05, 4.69) is 10.6 Å². The van der Waals surface area contributed by atoms with Crippen LogP contribution in [0.5, 0.6) is 0 Å². The molecule has 1 aliphatic carbocycles. The molecular formula is C27H32F2N4O2. The Kier molecular flexibility index (Phi) is 7.80. The van der Waals surface area contributed by atoms with E-state index in [1.165, 1.54) is 0 Å². The highest BCUT2D eigenvalue weighted by Gasteiger charge is 2.42. The molecule has 2 aliphatic rings. The molecular weight excluding hydrogens is 450 g/mol. The van der Waals surface area contributed by atoms with E-state index < -0.39 is 29.7 Å². The zero-order valence-corrected chi connectivity index (χ0v) is 19.8. The predicted octanol–water partition coefficient (Wildman–Crippen LogP) is 4.14. The fourth-order valence-electron chi connectivity index (χ4n) is 4.43. The molecule has 1 fully saturated rings. The topological polar surface area (TPSA) is 87.5 Å². The molecule has 3 amide bonds. The first-order valence-corrected chi connectivity index (χ1v) is 12.2. The van der Waals surface area contributed by atoms with E-state index in [0.717, 1.165) is 43.0 Å². The molecule has 1 heterocycles. The highest BCUT2D eigenvalue weighted by Crippen LogP contribution is 2.39. The van der Waals surface area contributed by atoms with E-state index >= 15 is 0 Å². The van der Waals surface area contributed by atoms with Crippen molar-refractivity contribution in [2.75, 3.05) is 13.1 Å². The van der Waals surface area contributed by atoms with Gasteiger partial charge < -0.3 is 21.3 Å². The zero-order chi connectivity index (χ0) is 24.9. The van der Waals surface area contributed by atoms with Crippen molar-refractivity contribution in [1.82, 2.24) is 15.5 Å². The molecule has 35 heavy (non-hydrogen) atoms. The molecule has 0 bridgehead atoms. The average molecular weight is 483 g/mol. The minimum absolute atomic E-state index is 0.0140. The van der Waals surface area contributed by atoms with Gasteiger partial charge >= 0.3 is 6.03 Å². The van der Waals surface area contributed by atoms with Crippen LogP contribution in [0.1, 0.15) is 49.8 Å². The molecule has 1 aliphatic heterocycles. The molecule has 0 aromatic heterocycles. The summed E-state index contributed by atoms with van der Waals surface area (Å²) in [5.41, 5.74) is 7.45. The highest BCUT2D eigenvalue weighted by atomic mass is 19.1.